The van der Waals surface area contributed by atoms with Crippen LogP contribution in [0, 0.1) is 0 Å². The van der Waals surface area contributed by atoms with E-state index in [1.54, 1.807) is 16.9 Å². The number of imidazole rings is 2. The molecular formula is C19H25N5O5. The number of aliphatic hydroxyl groups is 3. The fourth-order valence-electron chi connectivity index (χ4n) is 3.74. The first-order chi connectivity index (χ1) is 14.0. The molecule has 0 spiro atoms. The molecule has 1 aliphatic rings. The monoisotopic (exact) mass is 403 g/mol. The largest absolute Gasteiger partial charge is 0.394 e. The Bertz CT molecular complexity index is 1020. The zero-order valence-corrected chi connectivity index (χ0v) is 16.2. The molecule has 0 aromatic carbocycles. The van der Waals surface area contributed by atoms with Gasteiger partial charge in [0.15, 0.2) is 23.0 Å². The molecule has 0 saturated carbocycles. The summed E-state index contributed by atoms with van der Waals surface area (Å²) >= 11 is 0. The van der Waals surface area contributed by atoms with Crippen LogP contribution in [0.3, 0.4) is 0 Å². The maximum absolute atomic E-state index is 12.2. The Morgan fingerprint density at radius 3 is 2.69 bits per heavy atom. The zero-order valence-electron chi connectivity index (χ0n) is 16.2. The van der Waals surface area contributed by atoms with Gasteiger partial charge >= 0.3 is 0 Å². The van der Waals surface area contributed by atoms with Gasteiger partial charge in [-0.15, -0.1) is 0 Å². The van der Waals surface area contributed by atoms with Crippen LogP contribution in [0.5, 0.6) is 0 Å². The van der Waals surface area contributed by atoms with Crippen LogP contribution >= 0.6 is 0 Å². The highest BCUT2D eigenvalue weighted by atomic mass is 16.6. The molecule has 3 aromatic heterocycles. The molecule has 156 valence electrons. The summed E-state index contributed by atoms with van der Waals surface area (Å²) in [5.74, 6) is 0.164. The van der Waals surface area contributed by atoms with Crippen molar-refractivity contribution in [3.05, 3.63) is 24.5 Å². The van der Waals surface area contributed by atoms with Gasteiger partial charge in [0.05, 0.1) is 18.6 Å². The van der Waals surface area contributed by atoms with Crippen LogP contribution in [0.1, 0.15) is 44.5 Å². The number of carbonyl (C=O) groups is 1. The Labute approximate surface area is 166 Å². The minimum absolute atomic E-state index is 0.164. The van der Waals surface area contributed by atoms with Crippen LogP contribution in [-0.4, -0.2) is 69.9 Å². The number of carbonyl (C=O) groups excluding carboxylic acids is 1. The third-order valence-electron chi connectivity index (χ3n) is 5.38. The summed E-state index contributed by atoms with van der Waals surface area (Å²) in [6.45, 7) is 1.69. The quantitative estimate of drug-likeness (QED) is 0.460. The van der Waals surface area contributed by atoms with E-state index < -0.39 is 31.1 Å². The van der Waals surface area contributed by atoms with Crippen molar-refractivity contribution in [2.24, 2.45) is 0 Å². The average molecular weight is 403 g/mol. The van der Waals surface area contributed by atoms with Crippen LogP contribution in [0.15, 0.2) is 18.9 Å². The number of rotatable bonds is 8. The summed E-state index contributed by atoms with van der Waals surface area (Å²) in [6.07, 6.45) is 4.29. The van der Waals surface area contributed by atoms with Crippen molar-refractivity contribution < 1.29 is 24.9 Å². The molecule has 0 bridgehead atoms. The minimum Gasteiger partial charge on any atom is -0.394 e. The first-order valence-electron chi connectivity index (χ1n) is 9.86. The summed E-state index contributed by atoms with van der Waals surface area (Å²) in [5, 5.41) is 29.6. The third kappa shape index (κ3) is 3.52. The standard InChI is InChI=1S/C19H25N5O5/c1-2-3-4-5-12(26)6-11-7-20-17-14-18(22-10-23(11)17)24(9-21-14)19-16(28)15(27)13(8-25)29-19/h7,9-10,13,15-16,19,25,27-28H,2-6,8H2,1H3/t13-,15-,16-,19?/m1/s1. The highest BCUT2D eigenvalue weighted by Gasteiger charge is 2.44. The predicted octanol–water partition coefficient (Wildman–Crippen LogP) is 0.382. The van der Waals surface area contributed by atoms with E-state index in [-0.39, 0.29) is 12.2 Å². The number of Topliss-reactive ketones (excluding diaryl/α,β-unsaturated/α-hetero) is 1. The van der Waals surface area contributed by atoms with Gasteiger partial charge in [0.1, 0.15) is 30.4 Å². The Balaban J connectivity index is 1.62. The average Bonchev–Trinajstić information content (AvgIpc) is 3.39. The fourth-order valence-corrected chi connectivity index (χ4v) is 3.74. The number of aliphatic hydroxyl groups excluding tert-OH is 3. The highest BCUT2D eigenvalue weighted by molar-refractivity contribution is 5.86. The lowest BCUT2D eigenvalue weighted by atomic mass is 10.1. The van der Waals surface area contributed by atoms with E-state index in [2.05, 4.69) is 21.9 Å². The first-order valence-corrected chi connectivity index (χ1v) is 9.86. The molecule has 10 nitrogen and oxygen atoms in total. The van der Waals surface area contributed by atoms with Gasteiger partial charge < -0.3 is 20.1 Å². The van der Waals surface area contributed by atoms with Crippen molar-refractivity contribution in [2.75, 3.05) is 6.61 Å². The Morgan fingerprint density at radius 2 is 1.97 bits per heavy atom. The van der Waals surface area contributed by atoms with Gasteiger partial charge in [-0.1, -0.05) is 19.8 Å². The van der Waals surface area contributed by atoms with Crippen LogP contribution in [0.25, 0.3) is 16.8 Å². The van der Waals surface area contributed by atoms with Crippen LogP contribution in [0.2, 0.25) is 0 Å². The van der Waals surface area contributed by atoms with Gasteiger partial charge in [-0.25, -0.2) is 15.0 Å². The normalized spacial score (nSPS) is 24.7. The maximum atomic E-state index is 12.2. The molecule has 4 atom stereocenters. The molecule has 4 heterocycles. The van der Waals surface area contributed by atoms with E-state index >= 15 is 0 Å². The molecule has 3 aromatic rings. The fraction of sp³-hybridized carbons (Fsp3) is 0.579. The maximum Gasteiger partial charge on any atom is 0.168 e. The topological polar surface area (TPSA) is 135 Å². The molecule has 3 N–H and O–H groups in total. The van der Waals surface area contributed by atoms with Gasteiger partial charge in [0.25, 0.3) is 0 Å². The predicted molar refractivity (Wildman–Crippen MR) is 102 cm³/mol. The molecule has 1 fully saturated rings. The van der Waals surface area contributed by atoms with Crippen LogP contribution < -0.4 is 0 Å². The molecule has 10 heteroatoms. The molecular weight excluding hydrogens is 378 g/mol. The number of aromatic nitrogens is 5. The smallest absolute Gasteiger partial charge is 0.168 e. The summed E-state index contributed by atoms with van der Waals surface area (Å²) in [6, 6.07) is 0. The lowest BCUT2D eigenvalue weighted by molar-refractivity contribution is -0.118. The molecule has 29 heavy (non-hydrogen) atoms. The summed E-state index contributed by atoms with van der Waals surface area (Å²) < 4.78 is 8.83. The number of unbranched alkanes of at least 4 members (excludes halogenated alkanes) is 2. The van der Waals surface area contributed by atoms with Crippen LogP contribution in [-0.2, 0) is 16.0 Å². The van der Waals surface area contributed by atoms with Crippen LogP contribution in [0.4, 0.5) is 0 Å². The van der Waals surface area contributed by atoms with E-state index in [9.17, 15) is 20.1 Å². The highest BCUT2D eigenvalue weighted by Crippen LogP contribution is 2.31. The van der Waals surface area contributed by atoms with Crippen molar-refractivity contribution in [3.8, 4) is 0 Å². The van der Waals surface area contributed by atoms with E-state index in [1.165, 1.54) is 10.9 Å². The molecule has 0 aliphatic carbocycles. The number of ketones is 1. The van der Waals surface area contributed by atoms with Gasteiger partial charge in [0.2, 0.25) is 0 Å². The van der Waals surface area contributed by atoms with Gasteiger partial charge in [-0.05, 0) is 6.42 Å². The van der Waals surface area contributed by atoms with Gasteiger partial charge in [-0.3, -0.25) is 13.8 Å². The molecule has 1 unspecified atom stereocenters. The number of hydrogen-bond donors (Lipinski definition) is 3. The summed E-state index contributed by atoms with van der Waals surface area (Å²) in [4.78, 5) is 25.4. The molecule has 1 aliphatic heterocycles. The van der Waals surface area contributed by atoms with E-state index in [1.807, 2.05) is 0 Å². The summed E-state index contributed by atoms with van der Waals surface area (Å²) in [7, 11) is 0. The lowest BCUT2D eigenvalue weighted by Crippen LogP contribution is -2.33. The Morgan fingerprint density at radius 1 is 1.14 bits per heavy atom. The second kappa shape index (κ2) is 8.15. The Hall–Kier alpha value is -2.40. The molecule has 1 saturated heterocycles. The first kappa shape index (κ1) is 19.9. The van der Waals surface area contributed by atoms with Gasteiger partial charge in [-0.2, -0.15) is 0 Å². The molecule has 4 rings (SSSR count). The number of fused-ring (bicyclic) bond motifs is 3. The second-order valence-electron chi connectivity index (χ2n) is 7.41. The van der Waals surface area contributed by atoms with E-state index in [0.717, 1.165) is 25.0 Å². The number of nitrogens with zero attached hydrogens (tertiary/aromatic N) is 5. The third-order valence-corrected chi connectivity index (χ3v) is 5.38. The minimum atomic E-state index is -1.22. The lowest BCUT2D eigenvalue weighted by Gasteiger charge is -2.16. The molecule has 0 amide bonds. The second-order valence-corrected chi connectivity index (χ2v) is 7.41. The number of hydrogen-bond acceptors (Lipinski definition) is 8. The summed E-state index contributed by atoms with van der Waals surface area (Å²) in [5.41, 5.74) is 2.23. The SMILES string of the molecule is CCCCCC(=O)Cc1cnc2c3ncn(C4O[C@H](CO)[C@@H](O)[C@H]4O)c3ncn12. The Kier molecular flexibility index (Phi) is 5.59. The van der Waals surface area contributed by atoms with Crippen molar-refractivity contribution in [1.82, 2.24) is 23.9 Å². The van der Waals surface area contributed by atoms with Crippen molar-refractivity contribution >= 4 is 22.6 Å². The van der Waals surface area contributed by atoms with Gasteiger partial charge in [0, 0.05) is 19.0 Å². The van der Waals surface area contributed by atoms with Crippen molar-refractivity contribution in [3.63, 3.8) is 0 Å². The van der Waals surface area contributed by atoms with Crippen molar-refractivity contribution in [2.45, 2.75) is 63.6 Å². The van der Waals surface area contributed by atoms with E-state index in [4.69, 9.17) is 4.74 Å². The van der Waals surface area contributed by atoms with E-state index in [0.29, 0.717) is 23.2 Å². The van der Waals surface area contributed by atoms with Crippen molar-refractivity contribution in [1.29, 1.82) is 0 Å². The zero-order chi connectivity index (χ0) is 20.5. The number of ether oxygens (including phenoxy) is 1. The molecule has 0 radical (unpaired) electrons.